The molecule has 8 heteroatoms. The molecule has 3 aromatic carbocycles. The molecule has 3 aromatic rings. The maximum Gasteiger partial charge on any atom is 0.261 e. The Bertz CT molecular complexity index is 1110. The molecule has 0 atom stereocenters. The van der Waals surface area contributed by atoms with E-state index in [1.165, 1.54) is 0 Å². The van der Waals surface area contributed by atoms with Gasteiger partial charge in [-0.25, -0.2) is 0 Å². The van der Waals surface area contributed by atoms with Gasteiger partial charge in [0.25, 0.3) is 5.91 Å². The van der Waals surface area contributed by atoms with Crippen LogP contribution in [0, 0.1) is 5.92 Å². The van der Waals surface area contributed by atoms with Crippen molar-refractivity contribution in [3.05, 3.63) is 82.8 Å². The third-order valence-corrected chi connectivity index (χ3v) is 5.17. The Balaban J connectivity index is 1.58. The van der Waals surface area contributed by atoms with Crippen LogP contribution >= 0.6 is 28.1 Å². The van der Waals surface area contributed by atoms with Gasteiger partial charge in [0.1, 0.15) is 30.5 Å². The highest BCUT2D eigenvalue weighted by Crippen LogP contribution is 2.25. The van der Waals surface area contributed by atoms with E-state index in [9.17, 15) is 4.79 Å². The number of hydrogen-bond donors (Lipinski definition) is 2. The third kappa shape index (κ3) is 8.04. The fraction of sp³-hybridized carbons (Fsp3) is 0.231. The number of rotatable bonds is 10. The van der Waals surface area contributed by atoms with Crippen LogP contribution < -0.4 is 24.8 Å². The van der Waals surface area contributed by atoms with Gasteiger partial charge in [-0.05, 0) is 60.6 Å². The van der Waals surface area contributed by atoms with Crippen molar-refractivity contribution in [2.45, 2.75) is 13.8 Å². The summed E-state index contributed by atoms with van der Waals surface area (Å²) in [5.74, 6) is 1.84. The molecule has 0 fully saturated rings. The highest BCUT2D eigenvalue weighted by Gasteiger charge is 2.16. The van der Waals surface area contributed by atoms with Crippen LogP contribution in [0.4, 0.5) is 5.69 Å². The molecule has 178 valence electrons. The summed E-state index contributed by atoms with van der Waals surface area (Å²) in [4.78, 5) is 12.9. The Morgan fingerprint density at radius 1 is 0.912 bits per heavy atom. The van der Waals surface area contributed by atoms with Gasteiger partial charge < -0.3 is 19.5 Å². The molecule has 3 rings (SSSR count). The van der Waals surface area contributed by atoms with Crippen LogP contribution in [0.5, 0.6) is 17.2 Å². The summed E-state index contributed by atoms with van der Waals surface area (Å²) in [5.41, 5.74) is 1.03. The lowest BCUT2D eigenvalue weighted by Gasteiger charge is -2.16. The molecular weight excluding hydrogens is 516 g/mol. The van der Waals surface area contributed by atoms with Gasteiger partial charge in [-0.3, -0.25) is 10.1 Å². The number of carbonyl (C=O) groups excluding carboxylic acids is 1. The van der Waals surface area contributed by atoms with Crippen molar-refractivity contribution >= 4 is 44.9 Å². The number of halogens is 1. The number of thiocarbonyl (C=S) groups is 1. The molecule has 6 nitrogen and oxygen atoms in total. The van der Waals surface area contributed by atoms with Crippen molar-refractivity contribution < 1.29 is 19.0 Å². The van der Waals surface area contributed by atoms with Crippen molar-refractivity contribution in [2.24, 2.45) is 5.92 Å². The molecular formula is C26H27BrN2O4S. The number of para-hydroxylation sites is 3. The smallest absolute Gasteiger partial charge is 0.261 e. The van der Waals surface area contributed by atoms with E-state index < -0.39 is 0 Å². The Hall–Kier alpha value is -3.10. The zero-order chi connectivity index (χ0) is 24.3. The second-order valence-electron chi connectivity index (χ2n) is 7.76. The number of carbonyl (C=O) groups is 1. The molecule has 0 saturated heterocycles. The predicted molar refractivity (Wildman–Crippen MR) is 142 cm³/mol. The zero-order valence-corrected chi connectivity index (χ0v) is 21.4. The number of nitrogens with one attached hydrogen (secondary N) is 2. The maximum absolute atomic E-state index is 12.9. The van der Waals surface area contributed by atoms with E-state index in [1.54, 1.807) is 12.1 Å². The van der Waals surface area contributed by atoms with E-state index in [2.05, 4.69) is 26.6 Å². The summed E-state index contributed by atoms with van der Waals surface area (Å²) in [6.45, 7) is 5.34. The predicted octanol–water partition coefficient (Wildman–Crippen LogP) is 6.07. The first-order chi connectivity index (χ1) is 16.4. The molecule has 34 heavy (non-hydrogen) atoms. The van der Waals surface area contributed by atoms with Crippen molar-refractivity contribution in [1.29, 1.82) is 0 Å². The summed E-state index contributed by atoms with van der Waals surface area (Å²) in [6, 6.07) is 22.2. The summed E-state index contributed by atoms with van der Waals surface area (Å²) < 4.78 is 18.1. The molecule has 0 radical (unpaired) electrons. The van der Waals surface area contributed by atoms with Gasteiger partial charge in [-0.15, -0.1) is 0 Å². The number of amides is 1. The first-order valence-electron chi connectivity index (χ1n) is 10.9. The maximum atomic E-state index is 12.9. The van der Waals surface area contributed by atoms with Gasteiger partial charge in [-0.1, -0.05) is 60.1 Å². The number of anilines is 1. The van der Waals surface area contributed by atoms with Gasteiger partial charge in [0.2, 0.25) is 0 Å². The summed E-state index contributed by atoms with van der Waals surface area (Å²) in [5, 5.41) is 5.90. The fourth-order valence-corrected chi connectivity index (χ4v) is 3.47. The van der Waals surface area contributed by atoms with Crippen molar-refractivity contribution in [2.75, 3.05) is 25.1 Å². The minimum absolute atomic E-state index is 0.149. The molecule has 2 N–H and O–H groups in total. The Kier molecular flexibility index (Phi) is 9.73. The van der Waals surface area contributed by atoms with Crippen molar-refractivity contribution in [1.82, 2.24) is 5.32 Å². The average Bonchev–Trinajstić information content (AvgIpc) is 2.82. The van der Waals surface area contributed by atoms with E-state index in [1.807, 2.05) is 74.5 Å². The quantitative estimate of drug-likeness (QED) is 0.239. The van der Waals surface area contributed by atoms with Crippen LogP contribution in [-0.2, 0) is 0 Å². The summed E-state index contributed by atoms with van der Waals surface area (Å²) in [6.07, 6.45) is 0. The molecule has 0 aliphatic heterocycles. The van der Waals surface area contributed by atoms with Crippen LogP contribution in [0.25, 0.3) is 0 Å². The standard InChI is InChI=1S/C26H27BrN2O4S/c1-18(2)17-33-23-13-12-19(27)16-21(23)25(30)29-26(34)28-22-10-6-7-11-24(22)32-15-14-31-20-8-4-3-5-9-20/h3-13,16,18H,14-15,17H2,1-2H3,(H2,28,29,30,34). The van der Waals surface area contributed by atoms with Gasteiger partial charge in [0, 0.05) is 4.47 Å². The molecule has 0 aromatic heterocycles. The lowest BCUT2D eigenvalue weighted by atomic mass is 10.2. The second kappa shape index (κ2) is 13.0. The molecule has 0 saturated carbocycles. The van der Waals surface area contributed by atoms with Gasteiger partial charge in [-0.2, -0.15) is 0 Å². The largest absolute Gasteiger partial charge is 0.492 e. The molecule has 0 aliphatic rings. The average molecular weight is 543 g/mol. The van der Waals surface area contributed by atoms with E-state index in [0.717, 1.165) is 10.2 Å². The van der Waals surface area contributed by atoms with Gasteiger partial charge in [0.05, 0.1) is 17.9 Å². The lowest BCUT2D eigenvalue weighted by Crippen LogP contribution is -2.34. The number of hydrogen-bond acceptors (Lipinski definition) is 5. The van der Waals surface area contributed by atoms with Crippen LogP contribution in [0.2, 0.25) is 0 Å². The van der Waals surface area contributed by atoms with E-state index in [-0.39, 0.29) is 11.0 Å². The zero-order valence-electron chi connectivity index (χ0n) is 19.0. The summed E-state index contributed by atoms with van der Waals surface area (Å²) in [7, 11) is 0. The molecule has 1 amide bonds. The Labute approximate surface area is 213 Å². The first kappa shape index (κ1) is 25.5. The van der Waals surface area contributed by atoms with Crippen molar-refractivity contribution in [3.63, 3.8) is 0 Å². The molecule has 0 aliphatic carbocycles. The minimum Gasteiger partial charge on any atom is -0.492 e. The van der Waals surface area contributed by atoms with Crippen LogP contribution in [0.1, 0.15) is 24.2 Å². The normalized spacial score (nSPS) is 10.5. The topological polar surface area (TPSA) is 68.8 Å². The fourth-order valence-electron chi connectivity index (χ4n) is 2.91. The second-order valence-corrected chi connectivity index (χ2v) is 9.08. The first-order valence-corrected chi connectivity index (χ1v) is 12.1. The molecule has 0 bridgehead atoms. The van der Waals surface area contributed by atoms with Gasteiger partial charge in [0.15, 0.2) is 5.11 Å². The highest BCUT2D eigenvalue weighted by molar-refractivity contribution is 9.10. The number of benzene rings is 3. The Morgan fingerprint density at radius 3 is 2.38 bits per heavy atom. The van der Waals surface area contributed by atoms with Gasteiger partial charge >= 0.3 is 0 Å². The minimum atomic E-state index is -0.368. The monoisotopic (exact) mass is 542 g/mol. The van der Waals surface area contributed by atoms with Crippen LogP contribution in [0.15, 0.2) is 77.3 Å². The van der Waals surface area contributed by atoms with E-state index in [0.29, 0.717) is 48.5 Å². The lowest BCUT2D eigenvalue weighted by molar-refractivity contribution is 0.0973. The van der Waals surface area contributed by atoms with Crippen molar-refractivity contribution in [3.8, 4) is 17.2 Å². The molecule has 0 heterocycles. The van der Waals surface area contributed by atoms with E-state index in [4.69, 9.17) is 26.4 Å². The highest BCUT2D eigenvalue weighted by atomic mass is 79.9. The third-order valence-electron chi connectivity index (χ3n) is 4.47. The molecule has 0 spiro atoms. The van der Waals surface area contributed by atoms with Crippen LogP contribution in [-0.4, -0.2) is 30.8 Å². The number of ether oxygens (including phenoxy) is 3. The van der Waals surface area contributed by atoms with E-state index >= 15 is 0 Å². The molecule has 0 unspecified atom stereocenters. The summed E-state index contributed by atoms with van der Waals surface area (Å²) >= 11 is 8.79. The van der Waals surface area contributed by atoms with Crippen LogP contribution in [0.3, 0.4) is 0 Å². The Morgan fingerprint density at radius 2 is 1.62 bits per heavy atom. The SMILES string of the molecule is CC(C)COc1ccc(Br)cc1C(=O)NC(=S)Nc1ccccc1OCCOc1ccccc1.